The molecule has 0 radical (unpaired) electrons. The second-order valence-electron chi connectivity index (χ2n) is 16.7. The minimum Gasteiger partial charge on any atom is -0.453 e. The highest BCUT2D eigenvalue weighted by Gasteiger charge is 2.39. The van der Waals surface area contributed by atoms with E-state index in [1.54, 1.807) is 0 Å². The molecule has 8 rings (SSSR count). The lowest BCUT2D eigenvalue weighted by Gasteiger charge is -2.30. The van der Waals surface area contributed by atoms with Gasteiger partial charge in [0.05, 0.1) is 55.1 Å². The zero-order valence-corrected chi connectivity index (χ0v) is 35.0. The standard InChI is InChI=1S/C45H53N9O6/c1-24(2)37(51-44(57)59-5)42(55)53-19-7-9-35(53)40-46-23-34(49-40)29-14-17-32-28(22-29)13-16-31(47-32)27-11-15-30-26(21-27)12-18-33-39(30)50-41(48-33)36-10-8-20-54(36)43(56)38(25(3)4)52-45(58)60-6/h11,13-17,21-25,35-38H,7-10,12,18-20H2,1-6H3,(H,46,49)(H,48,50)(H,51,57)(H,52,58). The first-order valence-electron chi connectivity index (χ1n) is 20.9. The largest absolute Gasteiger partial charge is 0.453 e. The van der Waals surface area contributed by atoms with Gasteiger partial charge in [-0.1, -0.05) is 52.0 Å². The third-order valence-corrected chi connectivity index (χ3v) is 12.2. The predicted molar refractivity (Wildman–Crippen MR) is 225 cm³/mol. The van der Waals surface area contributed by atoms with Crippen molar-refractivity contribution in [3.8, 4) is 33.8 Å². The Morgan fingerprint density at radius 3 is 2.00 bits per heavy atom. The van der Waals surface area contributed by atoms with Gasteiger partial charge in [-0.25, -0.2) is 24.5 Å². The number of rotatable bonds is 10. The number of amides is 4. The summed E-state index contributed by atoms with van der Waals surface area (Å²) in [5, 5.41) is 6.42. The van der Waals surface area contributed by atoms with Crippen molar-refractivity contribution in [1.29, 1.82) is 0 Å². The third-order valence-electron chi connectivity index (χ3n) is 12.2. The molecule has 0 spiro atoms. The van der Waals surface area contributed by atoms with E-state index >= 15 is 0 Å². The van der Waals surface area contributed by atoms with Crippen molar-refractivity contribution in [2.45, 2.75) is 90.4 Å². The molecule has 2 saturated heterocycles. The molecular formula is C45H53N9O6. The SMILES string of the molecule is COC(=O)NC(C(=O)N1CCCC1c1ncc(-c2ccc3nc(-c4ccc5c(c4)CCc4[nH]c(C6CCCN6C(=O)C(NC(=O)OC)C(C)C)nc4-5)ccc3c2)[nH]1)C(C)C. The number of carbonyl (C=O) groups is 4. The first kappa shape index (κ1) is 40.5. The summed E-state index contributed by atoms with van der Waals surface area (Å²) in [6, 6.07) is 14.9. The van der Waals surface area contributed by atoms with Gasteiger partial charge in [0.1, 0.15) is 23.7 Å². The Labute approximate surface area is 349 Å². The Morgan fingerprint density at radius 2 is 1.37 bits per heavy atom. The molecule has 5 heterocycles. The van der Waals surface area contributed by atoms with Gasteiger partial charge in [-0.05, 0) is 80.2 Å². The highest BCUT2D eigenvalue weighted by atomic mass is 16.5. The molecule has 3 aliphatic rings. The third kappa shape index (κ3) is 7.80. The number of nitrogens with one attached hydrogen (secondary N) is 4. The Morgan fingerprint density at radius 1 is 0.733 bits per heavy atom. The van der Waals surface area contributed by atoms with E-state index in [0.717, 1.165) is 101 Å². The van der Waals surface area contributed by atoms with Crippen LogP contribution in [-0.2, 0) is 31.9 Å². The van der Waals surface area contributed by atoms with Gasteiger partial charge in [-0.3, -0.25) is 9.59 Å². The first-order chi connectivity index (χ1) is 28.9. The molecule has 60 heavy (non-hydrogen) atoms. The van der Waals surface area contributed by atoms with Crippen LogP contribution in [0.1, 0.15) is 88.4 Å². The van der Waals surface area contributed by atoms with Gasteiger partial charge in [0.25, 0.3) is 0 Å². The summed E-state index contributed by atoms with van der Waals surface area (Å²) < 4.78 is 9.57. The summed E-state index contributed by atoms with van der Waals surface area (Å²) in [7, 11) is 2.59. The number of aromatic nitrogens is 5. The normalized spacial score (nSPS) is 18.3. The quantitative estimate of drug-likeness (QED) is 0.117. The summed E-state index contributed by atoms with van der Waals surface area (Å²) in [4.78, 5) is 76.9. The lowest BCUT2D eigenvalue weighted by atomic mass is 9.90. The number of H-pyrrole nitrogens is 2. The van der Waals surface area contributed by atoms with Gasteiger partial charge >= 0.3 is 12.2 Å². The van der Waals surface area contributed by atoms with Crippen molar-refractivity contribution >= 4 is 34.9 Å². The van der Waals surface area contributed by atoms with Crippen LogP contribution in [0.4, 0.5) is 9.59 Å². The minimum absolute atomic E-state index is 0.104. The molecule has 0 saturated carbocycles. The molecule has 4 amide bonds. The number of aryl methyl sites for hydroxylation is 2. The lowest BCUT2D eigenvalue weighted by Crippen LogP contribution is -2.51. The average Bonchev–Trinajstić information content (AvgIpc) is 4.09. The fraction of sp³-hybridized carbons (Fsp3) is 0.444. The van der Waals surface area contributed by atoms with Gasteiger partial charge in [-0.2, -0.15) is 0 Å². The van der Waals surface area contributed by atoms with Gasteiger partial charge in [0, 0.05) is 40.9 Å². The van der Waals surface area contributed by atoms with Crippen LogP contribution < -0.4 is 10.6 Å². The smallest absolute Gasteiger partial charge is 0.407 e. The molecular weight excluding hydrogens is 763 g/mol. The lowest BCUT2D eigenvalue weighted by molar-refractivity contribution is -0.136. The highest BCUT2D eigenvalue weighted by Crippen LogP contribution is 2.39. The van der Waals surface area contributed by atoms with Crippen molar-refractivity contribution in [2.24, 2.45) is 11.8 Å². The summed E-state index contributed by atoms with van der Waals surface area (Å²) in [5.74, 6) is 1.02. The maximum atomic E-state index is 13.7. The Bertz CT molecular complexity index is 2440. The molecule has 15 nitrogen and oxygen atoms in total. The van der Waals surface area contributed by atoms with E-state index in [0.29, 0.717) is 13.1 Å². The van der Waals surface area contributed by atoms with Crippen molar-refractivity contribution in [1.82, 2.24) is 45.4 Å². The van der Waals surface area contributed by atoms with Gasteiger partial charge in [0.2, 0.25) is 11.8 Å². The number of methoxy groups -OCH3 is 2. The maximum Gasteiger partial charge on any atom is 0.407 e. The minimum atomic E-state index is -0.694. The first-order valence-corrected chi connectivity index (χ1v) is 20.9. The highest BCUT2D eigenvalue weighted by molar-refractivity contribution is 5.88. The number of hydrogen-bond acceptors (Lipinski definition) is 9. The molecule has 5 aromatic rings. The topological polar surface area (TPSA) is 188 Å². The Kier molecular flexibility index (Phi) is 11.3. The van der Waals surface area contributed by atoms with Gasteiger partial charge in [0.15, 0.2) is 0 Å². The van der Waals surface area contributed by atoms with Crippen LogP contribution in [0.2, 0.25) is 0 Å². The van der Waals surface area contributed by atoms with Crippen LogP contribution in [0.3, 0.4) is 0 Å². The van der Waals surface area contributed by atoms with Gasteiger partial charge < -0.3 is 39.9 Å². The molecule has 0 bridgehead atoms. The van der Waals surface area contributed by atoms with Crippen molar-refractivity contribution in [2.75, 3.05) is 27.3 Å². The number of likely N-dealkylation sites (tertiary alicyclic amines) is 2. The van der Waals surface area contributed by atoms with Crippen LogP contribution in [0.15, 0.2) is 54.7 Å². The number of fused-ring (bicyclic) bond motifs is 4. The Balaban J connectivity index is 0.977. The molecule has 4 atom stereocenters. The monoisotopic (exact) mass is 815 g/mol. The second-order valence-corrected chi connectivity index (χ2v) is 16.7. The molecule has 2 fully saturated rings. The van der Waals surface area contributed by atoms with Crippen LogP contribution in [0.25, 0.3) is 44.7 Å². The van der Waals surface area contributed by atoms with E-state index in [9.17, 15) is 19.2 Å². The summed E-state index contributed by atoms with van der Waals surface area (Å²) in [6.07, 6.45) is 5.49. The zero-order chi connectivity index (χ0) is 42.2. The molecule has 3 aromatic heterocycles. The van der Waals surface area contributed by atoms with Crippen molar-refractivity contribution in [3.05, 3.63) is 77.6 Å². The number of aromatic amines is 2. The molecule has 1 aliphatic carbocycles. The molecule has 2 aromatic carbocycles. The maximum absolute atomic E-state index is 13.7. The zero-order valence-electron chi connectivity index (χ0n) is 35.0. The van der Waals surface area contributed by atoms with Crippen LogP contribution in [0, 0.1) is 11.8 Å². The molecule has 4 unspecified atom stereocenters. The molecule has 4 N–H and O–H groups in total. The van der Waals surface area contributed by atoms with E-state index in [1.807, 2.05) is 61.9 Å². The molecule has 314 valence electrons. The van der Waals surface area contributed by atoms with Crippen molar-refractivity contribution in [3.63, 3.8) is 0 Å². The fourth-order valence-corrected chi connectivity index (χ4v) is 8.93. The number of carbonyl (C=O) groups excluding carboxylic acids is 4. The number of alkyl carbamates (subject to hydrolysis) is 2. The molecule has 15 heteroatoms. The van der Waals surface area contributed by atoms with E-state index < -0.39 is 24.3 Å². The van der Waals surface area contributed by atoms with E-state index in [2.05, 4.69) is 50.9 Å². The van der Waals surface area contributed by atoms with E-state index in [-0.39, 0.29) is 35.7 Å². The number of benzene rings is 2. The number of nitrogens with zero attached hydrogens (tertiary/aromatic N) is 5. The number of imidazole rings is 2. The van der Waals surface area contributed by atoms with Gasteiger partial charge in [-0.15, -0.1) is 0 Å². The predicted octanol–water partition coefficient (Wildman–Crippen LogP) is 6.87. The number of ether oxygens (including phenoxy) is 2. The Hall–Kier alpha value is -6.25. The fourth-order valence-electron chi connectivity index (χ4n) is 8.93. The van der Waals surface area contributed by atoms with Crippen LogP contribution in [0.5, 0.6) is 0 Å². The van der Waals surface area contributed by atoms with E-state index in [1.165, 1.54) is 19.8 Å². The summed E-state index contributed by atoms with van der Waals surface area (Å²) in [6.45, 7) is 8.83. The average molecular weight is 816 g/mol. The van der Waals surface area contributed by atoms with E-state index in [4.69, 9.17) is 24.4 Å². The van der Waals surface area contributed by atoms with Crippen LogP contribution >= 0.6 is 0 Å². The second kappa shape index (κ2) is 16.8. The summed E-state index contributed by atoms with van der Waals surface area (Å²) in [5.41, 5.74) is 8.87. The number of hydrogen-bond donors (Lipinski definition) is 4. The number of pyridine rings is 1. The van der Waals surface area contributed by atoms with Crippen molar-refractivity contribution < 1.29 is 28.7 Å². The molecule has 2 aliphatic heterocycles. The van der Waals surface area contributed by atoms with Crippen LogP contribution in [-0.4, -0.2) is 98.1 Å². The summed E-state index contributed by atoms with van der Waals surface area (Å²) >= 11 is 0.